The second kappa shape index (κ2) is 7.32. The van der Waals surface area contributed by atoms with Crippen LogP contribution in [0.2, 0.25) is 0 Å². The quantitative estimate of drug-likeness (QED) is 0.504. The van der Waals surface area contributed by atoms with Crippen LogP contribution < -0.4 is 0 Å². The van der Waals surface area contributed by atoms with Crippen LogP contribution in [-0.4, -0.2) is 51.7 Å². The maximum atomic E-state index is 13.7. The summed E-state index contributed by atoms with van der Waals surface area (Å²) in [7, 11) is 0. The molecule has 0 N–H and O–H groups in total. The lowest BCUT2D eigenvalue weighted by Gasteiger charge is -2.28. The molecule has 3 aromatic rings. The van der Waals surface area contributed by atoms with Crippen LogP contribution in [0, 0.1) is 3.57 Å². The molecule has 28 heavy (non-hydrogen) atoms. The van der Waals surface area contributed by atoms with Gasteiger partial charge in [0.25, 0.3) is 5.91 Å². The van der Waals surface area contributed by atoms with Crippen molar-refractivity contribution >= 4 is 34.1 Å². The zero-order valence-corrected chi connectivity index (χ0v) is 16.6. The van der Waals surface area contributed by atoms with Gasteiger partial charge in [-0.3, -0.25) is 4.79 Å². The molecule has 1 saturated heterocycles. The molecule has 2 aromatic heterocycles. The molecule has 1 amide bonds. The zero-order valence-electron chi connectivity index (χ0n) is 14.4. The molecular weight excluding hydrogens is 488 g/mol. The van der Waals surface area contributed by atoms with Crippen LogP contribution in [0.4, 0.5) is 13.2 Å². The predicted octanol–water partition coefficient (Wildman–Crippen LogP) is 3.49. The molecule has 0 aliphatic carbocycles. The van der Waals surface area contributed by atoms with Gasteiger partial charge in [0.2, 0.25) is 0 Å². The molecule has 1 aromatic carbocycles. The minimum absolute atomic E-state index is 0.274. The first-order valence-electron chi connectivity index (χ1n) is 8.43. The number of carbonyl (C=O) groups excluding carboxylic acids is 1. The smallest absolute Gasteiger partial charge is 0.378 e. The third kappa shape index (κ3) is 3.58. The largest absolute Gasteiger partial charge is 0.417 e. The third-order valence-corrected chi connectivity index (χ3v) is 5.24. The Morgan fingerprint density at radius 3 is 2.64 bits per heavy atom. The highest BCUT2D eigenvalue weighted by atomic mass is 127. The van der Waals surface area contributed by atoms with Crippen molar-refractivity contribution in [3.05, 3.63) is 51.4 Å². The van der Waals surface area contributed by atoms with Crippen molar-refractivity contribution < 1.29 is 22.7 Å². The standard InChI is InChI=1S/C18H14F3IN4O2/c19-18(20,21)13-9-11(15-3-4-26-16(24-15)14(22)10-23-26)1-2-12(13)17(27)25-5-7-28-8-6-25/h1-4,9-10H,5-8H2. The number of carbonyl (C=O) groups is 1. The van der Waals surface area contributed by atoms with Crippen LogP contribution in [0.3, 0.4) is 0 Å². The van der Waals surface area contributed by atoms with Gasteiger partial charge in [-0.05, 0) is 40.8 Å². The van der Waals surface area contributed by atoms with Crippen molar-refractivity contribution in [2.45, 2.75) is 6.18 Å². The normalized spacial score (nSPS) is 15.2. The molecule has 1 fully saturated rings. The summed E-state index contributed by atoms with van der Waals surface area (Å²) in [4.78, 5) is 18.4. The van der Waals surface area contributed by atoms with Crippen molar-refractivity contribution in [3.63, 3.8) is 0 Å². The SMILES string of the molecule is O=C(c1ccc(-c2ccn3ncc(I)c3n2)cc1C(F)(F)F)N1CCOCC1. The second-order valence-electron chi connectivity index (χ2n) is 6.24. The molecule has 0 bridgehead atoms. The average molecular weight is 502 g/mol. The monoisotopic (exact) mass is 502 g/mol. The number of aromatic nitrogens is 3. The van der Waals surface area contributed by atoms with E-state index in [2.05, 4.69) is 32.7 Å². The number of rotatable bonds is 2. The van der Waals surface area contributed by atoms with Crippen LogP contribution in [0.15, 0.2) is 36.7 Å². The Kier molecular flexibility index (Phi) is 5.00. The van der Waals surface area contributed by atoms with Gasteiger partial charge in [0.15, 0.2) is 5.65 Å². The van der Waals surface area contributed by atoms with Crippen LogP contribution in [0.5, 0.6) is 0 Å². The van der Waals surface area contributed by atoms with Crippen molar-refractivity contribution in [2.75, 3.05) is 26.3 Å². The van der Waals surface area contributed by atoms with E-state index in [1.807, 2.05) is 0 Å². The van der Waals surface area contributed by atoms with Gasteiger partial charge in [-0.15, -0.1) is 0 Å². The van der Waals surface area contributed by atoms with Gasteiger partial charge in [0, 0.05) is 24.8 Å². The minimum atomic E-state index is -4.66. The van der Waals surface area contributed by atoms with Crippen molar-refractivity contribution in [3.8, 4) is 11.3 Å². The van der Waals surface area contributed by atoms with Gasteiger partial charge in [-0.25, -0.2) is 9.50 Å². The minimum Gasteiger partial charge on any atom is -0.378 e. The van der Waals surface area contributed by atoms with E-state index in [9.17, 15) is 18.0 Å². The summed E-state index contributed by atoms with van der Waals surface area (Å²) in [6.07, 6.45) is -1.40. The number of morpholine rings is 1. The van der Waals surface area contributed by atoms with E-state index in [4.69, 9.17) is 4.74 Å². The zero-order chi connectivity index (χ0) is 19.9. The highest BCUT2D eigenvalue weighted by molar-refractivity contribution is 14.1. The van der Waals surface area contributed by atoms with Gasteiger partial charge in [-0.1, -0.05) is 6.07 Å². The molecular formula is C18H14F3IN4O2. The van der Waals surface area contributed by atoms with E-state index in [0.29, 0.717) is 24.6 Å². The van der Waals surface area contributed by atoms with E-state index in [-0.39, 0.29) is 24.2 Å². The highest BCUT2D eigenvalue weighted by Crippen LogP contribution is 2.35. The fraction of sp³-hybridized carbons (Fsp3) is 0.278. The number of nitrogens with zero attached hydrogens (tertiary/aromatic N) is 4. The molecule has 4 rings (SSSR count). The first kappa shape index (κ1) is 19.1. The Bertz CT molecular complexity index is 1040. The van der Waals surface area contributed by atoms with Crippen LogP contribution in [0.1, 0.15) is 15.9 Å². The van der Waals surface area contributed by atoms with E-state index in [1.165, 1.54) is 17.0 Å². The van der Waals surface area contributed by atoms with Crippen LogP contribution in [0.25, 0.3) is 16.9 Å². The third-order valence-electron chi connectivity index (χ3n) is 4.48. The van der Waals surface area contributed by atoms with Gasteiger partial charge < -0.3 is 9.64 Å². The Balaban J connectivity index is 1.77. The van der Waals surface area contributed by atoms with Gasteiger partial charge >= 0.3 is 6.18 Å². The molecule has 10 heteroatoms. The Labute approximate surface area is 171 Å². The van der Waals surface area contributed by atoms with Gasteiger partial charge in [0.1, 0.15) is 0 Å². The number of alkyl halides is 3. The summed E-state index contributed by atoms with van der Waals surface area (Å²) >= 11 is 2.06. The number of fused-ring (bicyclic) bond motifs is 1. The average Bonchev–Trinajstić information content (AvgIpc) is 3.07. The lowest BCUT2D eigenvalue weighted by atomic mass is 10.00. The van der Waals surface area contributed by atoms with E-state index in [0.717, 1.165) is 9.64 Å². The number of benzene rings is 1. The van der Waals surface area contributed by atoms with Crippen molar-refractivity contribution in [1.29, 1.82) is 0 Å². The summed E-state index contributed by atoms with van der Waals surface area (Å²) in [6, 6.07) is 5.29. The second-order valence-corrected chi connectivity index (χ2v) is 7.40. The fourth-order valence-corrected chi connectivity index (χ4v) is 3.56. The highest BCUT2D eigenvalue weighted by Gasteiger charge is 2.37. The summed E-state index contributed by atoms with van der Waals surface area (Å²) in [5.41, 5.74) is -0.114. The molecule has 1 aliphatic heterocycles. The predicted molar refractivity (Wildman–Crippen MR) is 103 cm³/mol. The number of ether oxygens (including phenoxy) is 1. The Morgan fingerprint density at radius 2 is 1.93 bits per heavy atom. The molecule has 0 radical (unpaired) electrons. The Morgan fingerprint density at radius 1 is 1.18 bits per heavy atom. The van der Waals surface area contributed by atoms with Gasteiger partial charge in [-0.2, -0.15) is 18.3 Å². The molecule has 6 nitrogen and oxygen atoms in total. The van der Waals surface area contributed by atoms with Crippen LogP contribution in [-0.2, 0) is 10.9 Å². The molecule has 0 atom stereocenters. The molecule has 0 saturated carbocycles. The van der Waals surface area contributed by atoms with Crippen molar-refractivity contribution in [1.82, 2.24) is 19.5 Å². The summed E-state index contributed by atoms with van der Waals surface area (Å²) in [6.45, 7) is 1.18. The van der Waals surface area contributed by atoms with E-state index in [1.54, 1.807) is 23.0 Å². The number of halogens is 4. The summed E-state index contributed by atoms with van der Waals surface area (Å²) in [5.74, 6) is -0.643. The number of hydrogen-bond acceptors (Lipinski definition) is 4. The van der Waals surface area contributed by atoms with E-state index >= 15 is 0 Å². The maximum absolute atomic E-state index is 13.7. The van der Waals surface area contributed by atoms with Crippen LogP contribution >= 0.6 is 22.6 Å². The number of amides is 1. The number of hydrogen-bond donors (Lipinski definition) is 0. The molecule has 3 heterocycles. The molecule has 1 aliphatic rings. The molecule has 146 valence electrons. The summed E-state index contributed by atoms with van der Waals surface area (Å²) < 4.78 is 48.6. The lowest BCUT2D eigenvalue weighted by Crippen LogP contribution is -2.41. The van der Waals surface area contributed by atoms with Crippen molar-refractivity contribution in [2.24, 2.45) is 0 Å². The van der Waals surface area contributed by atoms with Gasteiger partial charge in [0.05, 0.1) is 39.8 Å². The Hall–Kier alpha value is -2.21. The first-order chi connectivity index (χ1) is 13.3. The topological polar surface area (TPSA) is 59.7 Å². The lowest BCUT2D eigenvalue weighted by molar-refractivity contribution is -0.138. The maximum Gasteiger partial charge on any atom is 0.417 e. The van der Waals surface area contributed by atoms with E-state index < -0.39 is 17.6 Å². The molecule has 0 unspecified atom stereocenters. The molecule has 0 spiro atoms. The fourth-order valence-electron chi connectivity index (χ4n) is 3.06. The summed E-state index contributed by atoms with van der Waals surface area (Å²) in [5, 5.41) is 4.11. The first-order valence-corrected chi connectivity index (χ1v) is 9.51.